The monoisotopic (exact) mass is 230 g/mol. The highest BCUT2D eigenvalue weighted by Crippen LogP contribution is 2.11. The molecule has 2 aromatic rings. The number of nitrogens with zero attached hydrogens (tertiary/aromatic N) is 2. The van der Waals surface area contributed by atoms with Crippen LogP contribution in [0.4, 0.5) is 5.69 Å². The molecule has 5 heteroatoms. The lowest BCUT2D eigenvalue weighted by Crippen LogP contribution is -2.22. The summed E-state index contributed by atoms with van der Waals surface area (Å²) in [6.07, 6.45) is 0. The van der Waals surface area contributed by atoms with Gasteiger partial charge in [-0.25, -0.2) is 0 Å². The van der Waals surface area contributed by atoms with Crippen molar-refractivity contribution in [2.75, 3.05) is 0 Å². The van der Waals surface area contributed by atoms with Crippen molar-refractivity contribution in [3.8, 4) is 5.69 Å². The highest BCUT2D eigenvalue weighted by Gasteiger charge is 2.16. The molecule has 0 aliphatic rings. The van der Waals surface area contributed by atoms with Crippen LogP contribution in [0.15, 0.2) is 47.3 Å². The van der Waals surface area contributed by atoms with E-state index < -0.39 is 16.2 Å². The first-order valence-electron chi connectivity index (χ1n) is 5.04. The zero-order chi connectivity index (χ0) is 12.4. The van der Waals surface area contributed by atoms with E-state index in [9.17, 15) is 14.9 Å². The number of pyridine rings is 1. The summed E-state index contributed by atoms with van der Waals surface area (Å²) in [5.74, 6) is 0. The predicted molar refractivity (Wildman–Crippen MR) is 63.4 cm³/mol. The Morgan fingerprint density at radius 2 is 1.76 bits per heavy atom. The number of benzene rings is 1. The molecule has 0 bridgehead atoms. The van der Waals surface area contributed by atoms with Gasteiger partial charge < -0.3 is 0 Å². The summed E-state index contributed by atoms with van der Waals surface area (Å²) < 4.78 is 1.33. The second-order valence-corrected chi connectivity index (χ2v) is 3.59. The first kappa shape index (κ1) is 11.1. The molecule has 5 nitrogen and oxygen atoms in total. The minimum absolute atomic E-state index is 0.417. The van der Waals surface area contributed by atoms with Gasteiger partial charge in [0.05, 0.1) is 4.92 Å². The number of hydrogen-bond donors (Lipinski definition) is 0. The number of hydrogen-bond acceptors (Lipinski definition) is 3. The largest absolute Gasteiger partial charge is 0.334 e. The lowest BCUT2D eigenvalue weighted by Gasteiger charge is -2.08. The smallest absolute Gasteiger partial charge is 0.276 e. The Balaban J connectivity index is 2.74. The van der Waals surface area contributed by atoms with Gasteiger partial charge in [-0.2, -0.15) is 0 Å². The van der Waals surface area contributed by atoms with Crippen LogP contribution >= 0.6 is 0 Å². The molecule has 1 heterocycles. The van der Waals surface area contributed by atoms with Crippen molar-refractivity contribution >= 4 is 5.69 Å². The zero-order valence-corrected chi connectivity index (χ0v) is 9.16. The Morgan fingerprint density at radius 1 is 1.12 bits per heavy atom. The fourth-order valence-corrected chi connectivity index (χ4v) is 1.66. The molecule has 1 aromatic carbocycles. The highest BCUT2D eigenvalue weighted by molar-refractivity contribution is 5.38. The topological polar surface area (TPSA) is 65.1 Å². The first-order chi connectivity index (χ1) is 8.11. The molecule has 0 radical (unpaired) electrons. The Kier molecular flexibility index (Phi) is 2.74. The van der Waals surface area contributed by atoms with E-state index in [1.54, 1.807) is 37.3 Å². The van der Waals surface area contributed by atoms with Gasteiger partial charge in [0.25, 0.3) is 0 Å². The Hall–Kier alpha value is -2.43. The van der Waals surface area contributed by atoms with Crippen LogP contribution in [0.2, 0.25) is 0 Å². The maximum atomic E-state index is 12.0. The molecule has 0 saturated heterocycles. The van der Waals surface area contributed by atoms with Crippen LogP contribution in [-0.4, -0.2) is 9.49 Å². The van der Waals surface area contributed by atoms with E-state index in [2.05, 4.69) is 0 Å². The van der Waals surface area contributed by atoms with Gasteiger partial charge in [-0.05, 0) is 25.1 Å². The molecule has 0 fully saturated rings. The zero-order valence-electron chi connectivity index (χ0n) is 9.16. The van der Waals surface area contributed by atoms with E-state index in [1.807, 2.05) is 6.07 Å². The normalized spacial score (nSPS) is 10.2. The molecule has 2 rings (SSSR count). The van der Waals surface area contributed by atoms with Gasteiger partial charge in [0.15, 0.2) is 0 Å². The van der Waals surface area contributed by atoms with Crippen LogP contribution in [0, 0.1) is 17.0 Å². The molecule has 17 heavy (non-hydrogen) atoms. The van der Waals surface area contributed by atoms with E-state index in [1.165, 1.54) is 10.6 Å². The Bertz CT molecular complexity index is 617. The van der Waals surface area contributed by atoms with Gasteiger partial charge >= 0.3 is 11.2 Å². The number of rotatable bonds is 2. The maximum Gasteiger partial charge on any atom is 0.334 e. The van der Waals surface area contributed by atoms with E-state index in [-0.39, 0.29) is 0 Å². The summed E-state index contributed by atoms with van der Waals surface area (Å²) in [5, 5.41) is 10.7. The molecular formula is C12H10N2O3. The minimum atomic E-state index is -0.665. The van der Waals surface area contributed by atoms with E-state index in [0.717, 1.165) is 0 Å². The van der Waals surface area contributed by atoms with Crippen molar-refractivity contribution < 1.29 is 4.92 Å². The molecule has 0 atom stereocenters. The van der Waals surface area contributed by atoms with Crippen LogP contribution in [0.3, 0.4) is 0 Å². The van der Waals surface area contributed by atoms with Gasteiger partial charge in [0.1, 0.15) is 0 Å². The third-order valence-corrected chi connectivity index (χ3v) is 2.47. The fraction of sp³-hybridized carbons (Fsp3) is 0.0833. The molecule has 86 valence electrons. The number of nitro groups is 1. The number of para-hydroxylation sites is 1. The standard InChI is InChI=1S/C12H10N2O3/c1-9-7-8-11(14(16)17)12(15)13(9)10-5-3-2-4-6-10/h2-8H,1H3. The lowest BCUT2D eigenvalue weighted by atomic mass is 10.2. The van der Waals surface area contributed by atoms with E-state index >= 15 is 0 Å². The van der Waals surface area contributed by atoms with Crippen molar-refractivity contribution in [3.63, 3.8) is 0 Å². The maximum absolute atomic E-state index is 12.0. The molecule has 0 saturated carbocycles. The third kappa shape index (κ3) is 1.94. The molecule has 1 aromatic heterocycles. The van der Waals surface area contributed by atoms with Gasteiger partial charge in [-0.3, -0.25) is 19.5 Å². The number of aryl methyl sites for hydroxylation is 1. The highest BCUT2D eigenvalue weighted by atomic mass is 16.6. The van der Waals surface area contributed by atoms with Gasteiger partial charge in [-0.1, -0.05) is 18.2 Å². The third-order valence-electron chi connectivity index (χ3n) is 2.47. The van der Waals surface area contributed by atoms with E-state index in [4.69, 9.17) is 0 Å². The minimum Gasteiger partial charge on any atom is -0.276 e. The van der Waals surface area contributed by atoms with Crippen LogP contribution < -0.4 is 5.56 Å². The summed E-state index contributed by atoms with van der Waals surface area (Å²) in [6, 6.07) is 11.6. The summed E-state index contributed by atoms with van der Waals surface area (Å²) in [6.45, 7) is 1.73. The molecule has 0 amide bonds. The molecular weight excluding hydrogens is 220 g/mol. The van der Waals surface area contributed by atoms with Gasteiger partial charge in [0, 0.05) is 17.4 Å². The van der Waals surface area contributed by atoms with Gasteiger partial charge in [0.2, 0.25) is 0 Å². The molecule has 0 aliphatic heterocycles. The Labute approximate surface area is 97.1 Å². The predicted octanol–water partition coefficient (Wildman–Crippen LogP) is 2.05. The molecule has 0 aliphatic carbocycles. The van der Waals surface area contributed by atoms with Crippen molar-refractivity contribution in [2.45, 2.75) is 6.92 Å². The van der Waals surface area contributed by atoms with Crippen LogP contribution in [0.25, 0.3) is 5.69 Å². The average molecular weight is 230 g/mol. The summed E-state index contributed by atoms with van der Waals surface area (Å²) in [5.41, 5.74) is 0.256. The SMILES string of the molecule is Cc1ccc([N+](=O)[O-])c(=O)n1-c1ccccc1. The van der Waals surface area contributed by atoms with Crippen molar-refractivity contribution in [1.82, 2.24) is 4.57 Å². The lowest BCUT2D eigenvalue weighted by molar-refractivity contribution is -0.386. The fourth-order valence-electron chi connectivity index (χ4n) is 1.66. The summed E-state index contributed by atoms with van der Waals surface area (Å²) in [4.78, 5) is 22.0. The molecule has 0 spiro atoms. The first-order valence-corrected chi connectivity index (χ1v) is 5.04. The summed E-state index contributed by atoms with van der Waals surface area (Å²) >= 11 is 0. The number of aromatic nitrogens is 1. The average Bonchev–Trinajstić information content (AvgIpc) is 2.30. The van der Waals surface area contributed by atoms with Crippen molar-refractivity contribution in [1.29, 1.82) is 0 Å². The van der Waals surface area contributed by atoms with E-state index in [0.29, 0.717) is 11.4 Å². The van der Waals surface area contributed by atoms with Crippen LogP contribution in [0.5, 0.6) is 0 Å². The summed E-state index contributed by atoms with van der Waals surface area (Å²) in [7, 11) is 0. The second kappa shape index (κ2) is 4.21. The molecule has 0 N–H and O–H groups in total. The van der Waals surface area contributed by atoms with Crippen molar-refractivity contribution in [2.24, 2.45) is 0 Å². The molecule has 0 unspecified atom stereocenters. The Morgan fingerprint density at radius 3 is 2.35 bits per heavy atom. The van der Waals surface area contributed by atoms with Gasteiger partial charge in [-0.15, -0.1) is 0 Å². The van der Waals surface area contributed by atoms with Crippen LogP contribution in [0.1, 0.15) is 5.69 Å². The van der Waals surface area contributed by atoms with Crippen molar-refractivity contribution in [3.05, 3.63) is 68.6 Å². The van der Waals surface area contributed by atoms with Crippen LogP contribution in [-0.2, 0) is 0 Å². The quantitative estimate of drug-likeness (QED) is 0.585. The second-order valence-electron chi connectivity index (χ2n) is 3.59.